The van der Waals surface area contributed by atoms with Crippen LogP contribution in [0.15, 0.2) is 47.1 Å². The summed E-state index contributed by atoms with van der Waals surface area (Å²) >= 11 is 1.38. The molecule has 1 aromatic rings. The standard InChI is InChI=1S/C21H24N2O5S/c1-6-10-28-20(25)17-12(3)22-21-23(19(24)13(4)29-21)18(17)14-8-9-15(27-7-2)16(11-14)26-5/h6,8-9,11,13,18H,1,7,10H2,2-5H3/t13-,18+/m1/s1. The number of carbonyl (C=O) groups excluding carboxylic acids is 2. The van der Waals surface area contributed by atoms with Crippen molar-refractivity contribution >= 4 is 28.8 Å². The van der Waals surface area contributed by atoms with Crippen molar-refractivity contribution in [2.24, 2.45) is 4.99 Å². The number of methoxy groups -OCH3 is 1. The Labute approximate surface area is 174 Å². The Kier molecular flexibility index (Phi) is 6.32. The van der Waals surface area contributed by atoms with Crippen LogP contribution < -0.4 is 9.47 Å². The van der Waals surface area contributed by atoms with Crippen LogP contribution in [0.25, 0.3) is 0 Å². The van der Waals surface area contributed by atoms with E-state index in [2.05, 4.69) is 11.6 Å². The van der Waals surface area contributed by atoms with Crippen molar-refractivity contribution in [1.82, 2.24) is 4.90 Å². The summed E-state index contributed by atoms with van der Waals surface area (Å²) < 4.78 is 16.4. The highest BCUT2D eigenvalue weighted by Crippen LogP contribution is 2.44. The van der Waals surface area contributed by atoms with Gasteiger partial charge < -0.3 is 14.2 Å². The molecule has 0 N–H and O–H groups in total. The SMILES string of the molecule is C=CCOC(=O)C1=C(C)N=C2S[C@H](C)C(=O)N2[C@H]1c1ccc(OCC)c(OC)c1. The Morgan fingerprint density at radius 3 is 2.79 bits per heavy atom. The van der Waals surface area contributed by atoms with E-state index in [0.29, 0.717) is 40.1 Å². The van der Waals surface area contributed by atoms with E-state index in [1.807, 2.05) is 19.9 Å². The molecule has 0 unspecified atom stereocenters. The number of esters is 1. The van der Waals surface area contributed by atoms with Gasteiger partial charge >= 0.3 is 5.97 Å². The van der Waals surface area contributed by atoms with Crippen LogP contribution in [0.4, 0.5) is 0 Å². The van der Waals surface area contributed by atoms with E-state index in [-0.39, 0.29) is 17.8 Å². The number of thioether (sulfide) groups is 1. The number of amides is 1. The van der Waals surface area contributed by atoms with Gasteiger partial charge in [0.15, 0.2) is 16.7 Å². The monoisotopic (exact) mass is 416 g/mol. The van der Waals surface area contributed by atoms with Gasteiger partial charge in [0.25, 0.3) is 0 Å². The van der Waals surface area contributed by atoms with Gasteiger partial charge in [-0.2, -0.15) is 0 Å². The van der Waals surface area contributed by atoms with E-state index in [4.69, 9.17) is 14.2 Å². The summed E-state index contributed by atoms with van der Waals surface area (Å²) in [5.74, 6) is 0.487. The Morgan fingerprint density at radius 2 is 2.14 bits per heavy atom. The van der Waals surface area contributed by atoms with Crippen LogP contribution in [0, 0.1) is 0 Å². The Bertz CT molecular complexity index is 908. The lowest BCUT2D eigenvalue weighted by molar-refractivity contribution is -0.139. The number of hydrogen-bond donors (Lipinski definition) is 0. The van der Waals surface area contributed by atoms with E-state index in [1.165, 1.54) is 17.8 Å². The number of benzene rings is 1. The highest BCUT2D eigenvalue weighted by molar-refractivity contribution is 8.15. The number of hydrogen-bond acceptors (Lipinski definition) is 7. The van der Waals surface area contributed by atoms with Gasteiger partial charge in [0.1, 0.15) is 6.61 Å². The largest absolute Gasteiger partial charge is 0.493 e. The lowest BCUT2D eigenvalue weighted by Crippen LogP contribution is -2.40. The third kappa shape index (κ3) is 3.89. The topological polar surface area (TPSA) is 77.4 Å². The molecule has 2 aliphatic rings. The van der Waals surface area contributed by atoms with Crippen LogP contribution >= 0.6 is 11.8 Å². The first-order chi connectivity index (χ1) is 13.9. The van der Waals surface area contributed by atoms with Gasteiger partial charge in [-0.25, -0.2) is 9.79 Å². The van der Waals surface area contributed by atoms with Crippen molar-refractivity contribution in [3.05, 3.63) is 47.7 Å². The van der Waals surface area contributed by atoms with E-state index in [1.54, 1.807) is 31.1 Å². The van der Waals surface area contributed by atoms with Gasteiger partial charge in [-0.15, -0.1) is 0 Å². The number of carbonyl (C=O) groups is 2. The number of amidine groups is 1. The molecule has 0 spiro atoms. The number of aliphatic imine (C=N–C) groups is 1. The molecule has 0 aromatic heterocycles. The molecule has 154 valence electrons. The lowest BCUT2D eigenvalue weighted by Gasteiger charge is -2.33. The van der Waals surface area contributed by atoms with Crippen LogP contribution in [0.5, 0.6) is 11.5 Å². The molecule has 7 nitrogen and oxygen atoms in total. The third-order valence-corrected chi connectivity index (χ3v) is 5.67. The second kappa shape index (κ2) is 8.73. The first-order valence-electron chi connectivity index (χ1n) is 9.30. The fraction of sp³-hybridized carbons (Fsp3) is 0.381. The predicted octanol–water partition coefficient (Wildman–Crippen LogP) is 3.47. The molecule has 29 heavy (non-hydrogen) atoms. The molecule has 0 radical (unpaired) electrons. The first-order valence-corrected chi connectivity index (χ1v) is 10.2. The number of fused-ring (bicyclic) bond motifs is 1. The average molecular weight is 416 g/mol. The maximum Gasteiger partial charge on any atom is 0.338 e. The fourth-order valence-electron chi connectivity index (χ4n) is 3.32. The Balaban J connectivity index is 2.12. The second-order valence-corrected chi connectivity index (χ2v) is 7.80. The fourth-order valence-corrected chi connectivity index (χ4v) is 4.35. The predicted molar refractivity (Wildman–Crippen MR) is 112 cm³/mol. The van der Waals surface area contributed by atoms with Crippen molar-refractivity contribution in [2.75, 3.05) is 20.3 Å². The summed E-state index contributed by atoms with van der Waals surface area (Å²) in [5, 5.41) is 0.301. The Hall–Kier alpha value is -2.74. The summed E-state index contributed by atoms with van der Waals surface area (Å²) in [5.41, 5.74) is 1.56. The molecule has 2 aliphatic heterocycles. The van der Waals surface area contributed by atoms with Crippen molar-refractivity contribution in [3.63, 3.8) is 0 Å². The smallest absolute Gasteiger partial charge is 0.338 e. The molecule has 2 heterocycles. The van der Waals surface area contributed by atoms with Gasteiger partial charge in [0.05, 0.1) is 36.3 Å². The summed E-state index contributed by atoms with van der Waals surface area (Å²) in [4.78, 5) is 31.8. The molecule has 1 aromatic carbocycles. The number of allylic oxidation sites excluding steroid dienone is 1. The molecule has 8 heteroatoms. The molecular formula is C21H24N2O5S. The van der Waals surface area contributed by atoms with Crippen LogP contribution in [0.3, 0.4) is 0 Å². The number of rotatable bonds is 7. The molecule has 1 amide bonds. The molecule has 0 bridgehead atoms. The van der Waals surface area contributed by atoms with E-state index in [9.17, 15) is 9.59 Å². The van der Waals surface area contributed by atoms with Gasteiger partial charge in [0, 0.05) is 0 Å². The molecule has 1 fully saturated rings. The summed E-state index contributed by atoms with van der Waals surface area (Å²) in [6, 6.07) is 4.74. The number of ether oxygens (including phenoxy) is 3. The first kappa shape index (κ1) is 21.0. The summed E-state index contributed by atoms with van der Waals surface area (Å²) in [7, 11) is 1.55. The zero-order chi connectivity index (χ0) is 21.1. The molecule has 0 saturated carbocycles. The second-order valence-electron chi connectivity index (χ2n) is 6.49. The van der Waals surface area contributed by atoms with Gasteiger partial charge in [-0.1, -0.05) is 30.5 Å². The van der Waals surface area contributed by atoms with Crippen molar-refractivity contribution in [1.29, 1.82) is 0 Å². The molecular weight excluding hydrogens is 392 g/mol. The van der Waals surface area contributed by atoms with Crippen LogP contribution in [-0.2, 0) is 14.3 Å². The lowest BCUT2D eigenvalue weighted by atomic mass is 9.94. The maximum atomic E-state index is 12.9. The molecule has 1 saturated heterocycles. The summed E-state index contributed by atoms with van der Waals surface area (Å²) in [6.07, 6.45) is 1.50. The van der Waals surface area contributed by atoms with E-state index >= 15 is 0 Å². The highest BCUT2D eigenvalue weighted by Gasteiger charge is 2.46. The minimum absolute atomic E-state index is 0.0740. The summed E-state index contributed by atoms with van der Waals surface area (Å²) in [6.45, 7) is 9.61. The van der Waals surface area contributed by atoms with E-state index in [0.717, 1.165) is 0 Å². The van der Waals surface area contributed by atoms with Gasteiger partial charge in [0.2, 0.25) is 5.91 Å². The van der Waals surface area contributed by atoms with E-state index < -0.39 is 12.0 Å². The Morgan fingerprint density at radius 1 is 1.38 bits per heavy atom. The van der Waals surface area contributed by atoms with Crippen molar-refractivity contribution in [3.8, 4) is 11.5 Å². The zero-order valence-corrected chi connectivity index (χ0v) is 17.7. The van der Waals surface area contributed by atoms with Gasteiger partial charge in [-0.3, -0.25) is 9.69 Å². The average Bonchev–Trinajstić information content (AvgIpc) is 2.98. The minimum Gasteiger partial charge on any atom is -0.493 e. The minimum atomic E-state index is -0.658. The molecule has 0 aliphatic carbocycles. The quantitative estimate of drug-likeness (QED) is 0.500. The zero-order valence-electron chi connectivity index (χ0n) is 16.9. The van der Waals surface area contributed by atoms with Gasteiger partial charge in [-0.05, 0) is 38.5 Å². The van der Waals surface area contributed by atoms with Crippen LogP contribution in [0.2, 0.25) is 0 Å². The van der Waals surface area contributed by atoms with Crippen molar-refractivity contribution in [2.45, 2.75) is 32.1 Å². The number of nitrogens with zero attached hydrogens (tertiary/aromatic N) is 2. The van der Waals surface area contributed by atoms with Crippen molar-refractivity contribution < 1.29 is 23.8 Å². The van der Waals surface area contributed by atoms with Crippen LogP contribution in [0.1, 0.15) is 32.4 Å². The van der Waals surface area contributed by atoms with Crippen LogP contribution in [-0.4, -0.2) is 47.5 Å². The molecule has 3 rings (SSSR count). The highest BCUT2D eigenvalue weighted by atomic mass is 32.2. The maximum absolute atomic E-state index is 12.9. The molecule has 2 atom stereocenters. The third-order valence-electron chi connectivity index (χ3n) is 4.61. The normalized spacial score (nSPS) is 20.9.